The predicted molar refractivity (Wildman–Crippen MR) is 62.9 cm³/mol. The highest BCUT2D eigenvalue weighted by Crippen LogP contribution is 2.24. The zero-order chi connectivity index (χ0) is 12.3. The Bertz CT molecular complexity index is 496. The van der Waals surface area contributed by atoms with Crippen molar-refractivity contribution in [1.82, 2.24) is 4.98 Å². The number of hydrogen-bond acceptors (Lipinski definition) is 4. The summed E-state index contributed by atoms with van der Waals surface area (Å²) in [5.74, 6) is -0.905. The average molecular weight is 331 g/mol. The quantitative estimate of drug-likeness (QED) is 0.677. The first-order valence-electron chi connectivity index (χ1n) is 4.30. The summed E-state index contributed by atoms with van der Waals surface area (Å²) in [6, 6.07) is 0. The van der Waals surface area contributed by atoms with Gasteiger partial charge in [-0.15, -0.1) is 0 Å². The predicted octanol–water partition coefficient (Wildman–Crippen LogP) is 2.02. The molecule has 0 atom stereocenters. The minimum atomic E-state index is -3.65. The summed E-state index contributed by atoms with van der Waals surface area (Å²) >= 11 is 3.12. The third-order valence-corrected chi connectivity index (χ3v) is 3.59. The molecule has 0 fully saturated rings. The first-order valence-corrected chi connectivity index (χ1v) is 7.57. The number of carbonyl (C=O) groups excluding carboxylic acids is 1. The van der Waals surface area contributed by atoms with Crippen molar-refractivity contribution in [2.75, 3.05) is 6.61 Å². The summed E-state index contributed by atoms with van der Waals surface area (Å²) in [6.45, 7) is 1.92. The van der Waals surface area contributed by atoms with E-state index in [9.17, 15) is 13.2 Å². The maximum atomic E-state index is 11.4. The van der Waals surface area contributed by atoms with Crippen molar-refractivity contribution >= 4 is 41.6 Å². The second kappa shape index (κ2) is 5.20. The highest BCUT2D eigenvalue weighted by molar-refractivity contribution is 9.10. The van der Waals surface area contributed by atoms with Crippen molar-refractivity contribution in [3.8, 4) is 0 Å². The van der Waals surface area contributed by atoms with E-state index in [0.717, 1.165) is 0 Å². The largest absolute Gasteiger partial charge is 0.461 e. The fourth-order valence-electron chi connectivity index (χ4n) is 1.09. The van der Waals surface area contributed by atoms with Gasteiger partial charge in [0, 0.05) is 22.4 Å². The Labute approximate surface area is 106 Å². The fraction of sp³-hybridized carbons (Fsp3) is 0.375. The minimum absolute atomic E-state index is 0.178. The van der Waals surface area contributed by atoms with Crippen molar-refractivity contribution in [3.63, 3.8) is 0 Å². The van der Waals surface area contributed by atoms with Crippen LogP contribution < -0.4 is 0 Å². The Morgan fingerprint density at radius 3 is 2.75 bits per heavy atom. The highest BCUT2D eigenvalue weighted by Gasteiger charge is 2.19. The second-order valence-corrected chi connectivity index (χ2v) is 6.48. The van der Waals surface area contributed by atoms with Gasteiger partial charge in [0.2, 0.25) is 9.05 Å². The number of nitrogens with one attached hydrogen (secondary N) is 1. The van der Waals surface area contributed by atoms with Gasteiger partial charge in [-0.3, -0.25) is 0 Å². The van der Waals surface area contributed by atoms with Gasteiger partial charge >= 0.3 is 5.97 Å². The van der Waals surface area contributed by atoms with Crippen molar-refractivity contribution < 1.29 is 17.9 Å². The van der Waals surface area contributed by atoms with Crippen LogP contribution in [0.5, 0.6) is 0 Å². The van der Waals surface area contributed by atoms with Crippen LogP contribution in [-0.2, 0) is 19.5 Å². The van der Waals surface area contributed by atoms with E-state index < -0.39 is 15.0 Å². The standard InChI is InChI=1S/C8H9BrClNO4S/c1-2-15-8(12)7-6(9)5(3-11-7)4-16(10,13)14/h3,11H,2,4H2,1H3. The maximum absolute atomic E-state index is 11.4. The third kappa shape index (κ3) is 3.50. The van der Waals surface area contributed by atoms with E-state index in [1.54, 1.807) is 6.92 Å². The van der Waals surface area contributed by atoms with Gasteiger partial charge < -0.3 is 9.72 Å². The molecular formula is C8H9BrClNO4S. The Kier molecular flexibility index (Phi) is 4.40. The Morgan fingerprint density at radius 1 is 1.62 bits per heavy atom. The molecule has 0 saturated heterocycles. The molecule has 0 aliphatic carbocycles. The highest BCUT2D eigenvalue weighted by atomic mass is 79.9. The molecule has 5 nitrogen and oxygen atoms in total. The number of hydrogen-bond donors (Lipinski definition) is 1. The van der Waals surface area contributed by atoms with E-state index in [2.05, 4.69) is 20.9 Å². The van der Waals surface area contributed by atoms with Crippen LogP contribution in [0.25, 0.3) is 0 Å². The minimum Gasteiger partial charge on any atom is -0.461 e. The van der Waals surface area contributed by atoms with E-state index in [-0.39, 0.29) is 18.1 Å². The van der Waals surface area contributed by atoms with Gasteiger partial charge in [-0.05, 0) is 22.9 Å². The molecule has 90 valence electrons. The normalized spacial score (nSPS) is 11.4. The molecule has 0 spiro atoms. The average Bonchev–Trinajstić information content (AvgIpc) is 2.46. The molecule has 1 aromatic rings. The first-order chi connectivity index (χ1) is 7.35. The van der Waals surface area contributed by atoms with Crippen LogP contribution in [0.3, 0.4) is 0 Å². The van der Waals surface area contributed by atoms with Crippen LogP contribution in [0.15, 0.2) is 10.7 Å². The molecule has 1 rings (SSSR count). The van der Waals surface area contributed by atoms with E-state index in [1.807, 2.05) is 0 Å². The monoisotopic (exact) mass is 329 g/mol. The molecule has 0 aliphatic rings. The van der Waals surface area contributed by atoms with Gasteiger partial charge in [0.15, 0.2) is 0 Å². The molecule has 0 bridgehead atoms. The van der Waals surface area contributed by atoms with Crippen LogP contribution in [-0.4, -0.2) is 26.0 Å². The maximum Gasteiger partial charge on any atom is 0.355 e. The molecule has 0 radical (unpaired) electrons. The summed E-state index contributed by atoms with van der Waals surface area (Å²) in [4.78, 5) is 14.0. The van der Waals surface area contributed by atoms with Crippen LogP contribution in [0.1, 0.15) is 23.0 Å². The third-order valence-electron chi connectivity index (χ3n) is 1.70. The molecule has 0 unspecified atom stereocenters. The van der Waals surface area contributed by atoms with Crippen molar-refractivity contribution in [2.45, 2.75) is 12.7 Å². The number of esters is 1. The van der Waals surface area contributed by atoms with Crippen LogP contribution in [0.4, 0.5) is 0 Å². The topological polar surface area (TPSA) is 76.2 Å². The fourth-order valence-corrected chi connectivity index (χ4v) is 2.76. The number of ether oxygens (including phenoxy) is 1. The lowest BCUT2D eigenvalue weighted by molar-refractivity contribution is 0.0519. The van der Waals surface area contributed by atoms with Gasteiger partial charge in [0.05, 0.1) is 16.8 Å². The van der Waals surface area contributed by atoms with E-state index in [4.69, 9.17) is 15.4 Å². The zero-order valence-electron chi connectivity index (χ0n) is 8.29. The molecule has 16 heavy (non-hydrogen) atoms. The molecule has 0 saturated carbocycles. The Balaban J connectivity index is 2.97. The summed E-state index contributed by atoms with van der Waals surface area (Å²) in [5, 5.41) is 0. The van der Waals surface area contributed by atoms with Crippen LogP contribution in [0, 0.1) is 0 Å². The molecule has 0 aliphatic heterocycles. The Hall–Kier alpha value is -0.530. The van der Waals surface area contributed by atoms with Crippen LogP contribution >= 0.6 is 26.6 Å². The van der Waals surface area contributed by atoms with E-state index >= 15 is 0 Å². The number of halogens is 2. The molecule has 0 amide bonds. The van der Waals surface area contributed by atoms with Gasteiger partial charge in [-0.25, -0.2) is 13.2 Å². The van der Waals surface area contributed by atoms with E-state index in [0.29, 0.717) is 10.0 Å². The Morgan fingerprint density at radius 2 is 2.25 bits per heavy atom. The number of carbonyl (C=O) groups is 1. The molecule has 8 heteroatoms. The van der Waals surface area contributed by atoms with E-state index in [1.165, 1.54) is 6.20 Å². The van der Waals surface area contributed by atoms with Crippen LogP contribution in [0.2, 0.25) is 0 Å². The smallest absolute Gasteiger partial charge is 0.355 e. The lowest BCUT2D eigenvalue weighted by atomic mass is 10.3. The lowest BCUT2D eigenvalue weighted by Gasteiger charge is -2.00. The summed E-state index contributed by atoms with van der Waals surface area (Å²) in [6.07, 6.45) is 1.40. The first kappa shape index (κ1) is 13.5. The van der Waals surface area contributed by atoms with Gasteiger partial charge in [-0.1, -0.05) is 0 Å². The van der Waals surface area contributed by atoms with Gasteiger partial charge in [0.25, 0.3) is 0 Å². The van der Waals surface area contributed by atoms with Crippen molar-refractivity contribution in [1.29, 1.82) is 0 Å². The SMILES string of the molecule is CCOC(=O)c1[nH]cc(CS(=O)(=O)Cl)c1Br. The number of aromatic nitrogens is 1. The number of rotatable bonds is 4. The van der Waals surface area contributed by atoms with Crippen molar-refractivity contribution in [2.24, 2.45) is 0 Å². The van der Waals surface area contributed by atoms with Gasteiger partial charge in [-0.2, -0.15) is 0 Å². The van der Waals surface area contributed by atoms with Crippen molar-refractivity contribution in [3.05, 3.63) is 21.9 Å². The molecule has 1 N–H and O–H groups in total. The summed E-state index contributed by atoms with van der Waals surface area (Å²) in [5.41, 5.74) is 0.565. The van der Waals surface area contributed by atoms with Gasteiger partial charge in [0.1, 0.15) is 5.69 Å². The number of aromatic amines is 1. The lowest BCUT2D eigenvalue weighted by Crippen LogP contribution is -2.05. The second-order valence-electron chi connectivity index (χ2n) is 2.91. The summed E-state index contributed by atoms with van der Waals surface area (Å²) in [7, 11) is 1.46. The zero-order valence-corrected chi connectivity index (χ0v) is 11.4. The molecule has 0 aromatic carbocycles. The molecule has 1 heterocycles. The molecule has 1 aromatic heterocycles. The summed E-state index contributed by atoms with van der Waals surface area (Å²) < 4.78 is 26.9. The molecular weight excluding hydrogens is 322 g/mol. The number of H-pyrrole nitrogens is 1.